The predicted molar refractivity (Wildman–Crippen MR) is 71.8 cm³/mol. The van der Waals surface area contributed by atoms with Gasteiger partial charge >= 0.3 is 0 Å². The first kappa shape index (κ1) is 14.7. The highest BCUT2D eigenvalue weighted by atomic mass is 16.3. The first-order valence-corrected chi connectivity index (χ1v) is 6.26. The molecule has 1 aromatic carbocycles. The third kappa shape index (κ3) is 4.47. The summed E-state index contributed by atoms with van der Waals surface area (Å²) < 4.78 is 0. The minimum atomic E-state index is -0.525. The predicted octanol–water partition coefficient (Wildman–Crippen LogP) is 1.21. The zero-order valence-electron chi connectivity index (χ0n) is 11.0. The fraction of sp³-hybridized carbons (Fsp3) is 0.500. The summed E-state index contributed by atoms with van der Waals surface area (Å²) in [6.07, 6.45) is 0.638. The molecule has 4 nitrogen and oxygen atoms in total. The molecule has 0 heterocycles. The van der Waals surface area contributed by atoms with Gasteiger partial charge in [-0.15, -0.1) is 0 Å². The molecule has 0 radical (unpaired) electrons. The van der Waals surface area contributed by atoms with Crippen LogP contribution in [0.4, 0.5) is 0 Å². The molecule has 4 N–H and O–H groups in total. The Bertz CT molecular complexity index is 365. The number of hydrogen-bond donors (Lipinski definition) is 3. The average molecular weight is 250 g/mol. The third-order valence-corrected chi connectivity index (χ3v) is 2.76. The average Bonchev–Trinajstić information content (AvgIpc) is 2.35. The van der Waals surface area contributed by atoms with Gasteiger partial charge in [0.05, 0.1) is 18.7 Å². The zero-order chi connectivity index (χ0) is 13.5. The quantitative estimate of drug-likeness (QED) is 0.710. The van der Waals surface area contributed by atoms with E-state index >= 15 is 0 Å². The molecule has 2 atom stereocenters. The number of amides is 1. The van der Waals surface area contributed by atoms with Crippen LogP contribution < -0.4 is 11.1 Å². The van der Waals surface area contributed by atoms with Gasteiger partial charge in [0.25, 0.3) is 0 Å². The number of nitrogens with two attached hydrogens (primary N) is 1. The lowest BCUT2D eigenvalue weighted by molar-refractivity contribution is -0.123. The van der Waals surface area contributed by atoms with Gasteiger partial charge in [0.15, 0.2) is 0 Å². The van der Waals surface area contributed by atoms with Crippen LogP contribution in [-0.4, -0.2) is 23.7 Å². The Morgan fingerprint density at radius 2 is 1.94 bits per heavy atom. The Morgan fingerprint density at radius 3 is 2.44 bits per heavy atom. The van der Waals surface area contributed by atoms with Crippen molar-refractivity contribution in [3.8, 4) is 0 Å². The number of carbonyl (C=O) groups excluding carboxylic acids is 1. The van der Waals surface area contributed by atoms with Crippen molar-refractivity contribution in [2.45, 2.75) is 32.4 Å². The summed E-state index contributed by atoms with van der Waals surface area (Å²) in [5.74, 6) is 0.154. The van der Waals surface area contributed by atoms with Gasteiger partial charge in [-0.25, -0.2) is 0 Å². The van der Waals surface area contributed by atoms with Gasteiger partial charge in [-0.3, -0.25) is 4.79 Å². The normalized spacial score (nSPS) is 14.3. The standard InChI is InChI=1S/C14H22N2O2/c1-10(2)8-12(15)14(18)16-13(9-17)11-6-4-3-5-7-11/h3-7,10,12-13,17H,8-9,15H2,1-2H3,(H,16,18)/t12-,13+/m0/s1. The number of rotatable bonds is 6. The highest BCUT2D eigenvalue weighted by molar-refractivity contribution is 5.81. The van der Waals surface area contributed by atoms with Gasteiger partial charge in [0, 0.05) is 0 Å². The number of carbonyl (C=O) groups is 1. The molecule has 0 aliphatic heterocycles. The van der Waals surface area contributed by atoms with Crippen LogP contribution >= 0.6 is 0 Å². The minimum Gasteiger partial charge on any atom is -0.394 e. The van der Waals surface area contributed by atoms with Crippen molar-refractivity contribution in [1.29, 1.82) is 0 Å². The van der Waals surface area contributed by atoms with E-state index in [9.17, 15) is 9.90 Å². The summed E-state index contributed by atoms with van der Waals surface area (Å²) in [6, 6.07) is 8.46. The second kappa shape index (κ2) is 7.13. The van der Waals surface area contributed by atoms with E-state index in [0.717, 1.165) is 5.56 Å². The van der Waals surface area contributed by atoms with Crippen molar-refractivity contribution in [1.82, 2.24) is 5.32 Å². The van der Waals surface area contributed by atoms with Crippen molar-refractivity contribution in [2.75, 3.05) is 6.61 Å². The molecule has 100 valence electrons. The van der Waals surface area contributed by atoms with Crippen LogP contribution in [0.15, 0.2) is 30.3 Å². The SMILES string of the molecule is CC(C)C[C@H](N)C(=O)N[C@H](CO)c1ccccc1. The number of aliphatic hydroxyl groups excluding tert-OH is 1. The molecule has 0 saturated heterocycles. The van der Waals surface area contributed by atoms with Crippen LogP contribution in [0.25, 0.3) is 0 Å². The smallest absolute Gasteiger partial charge is 0.237 e. The summed E-state index contributed by atoms with van der Waals surface area (Å²) in [5.41, 5.74) is 6.69. The fourth-order valence-corrected chi connectivity index (χ4v) is 1.81. The molecule has 0 saturated carbocycles. The molecule has 0 fully saturated rings. The Hall–Kier alpha value is -1.39. The lowest BCUT2D eigenvalue weighted by atomic mass is 10.0. The van der Waals surface area contributed by atoms with Crippen molar-refractivity contribution in [2.24, 2.45) is 11.7 Å². The summed E-state index contributed by atoms with van der Waals surface area (Å²) >= 11 is 0. The van der Waals surface area contributed by atoms with Crippen LogP contribution in [0.1, 0.15) is 31.9 Å². The summed E-state index contributed by atoms with van der Waals surface area (Å²) in [5, 5.41) is 12.1. The molecular formula is C14H22N2O2. The van der Waals surface area contributed by atoms with E-state index in [1.165, 1.54) is 0 Å². The monoisotopic (exact) mass is 250 g/mol. The molecule has 4 heteroatoms. The van der Waals surface area contributed by atoms with Crippen LogP contribution in [0.2, 0.25) is 0 Å². The van der Waals surface area contributed by atoms with Gasteiger partial charge in [-0.05, 0) is 17.9 Å². The van der Waals surface area contributed by atoms with Crippen LogP contribution in [0, 0.1) is 5.92 Å². The van der Waals surface area contributed by atoms with Gasteiger partial charge in [-0.2, -0.15) is 0 Å². The van der Waals surface area contributed by atoms with Gasteiger partial charge in [0.2, 0.25) is 5.91 Å². The van der Waals surface area contributed by atoms with Crippen LogP contribution in [0.5, 0.6) is 0 Å². The van der Waals surface area contributed by atoms with Gasteiger partial charge in [-0.1, -0.05) is 44.2 Å². The van der Waals surface area contributed by atoms with E-state index in [1.54, 1.807) is 0 Å². The number of aliphatic hydroxyl groups is 1. The minimum absolute atomic E-state index is 0.135. The lowest BCUT2D eigenvalue weighted by Crippen LogP contribution is -2.43. The van der Waals surface area contributed by atoms with E-state index in [0.29, 0.717) is 12.3 Å². The molecule has 0 aromatic heterocycles. The highest BCUT2D eigenvalue weighted by Gasteiger charge is 2.19. The molecule has 1 aromatic rings. The number of hydrogen-bond acceptors (Lipinski definition) is 3. The zero-order valence-corrected chi connectivity index (χ0v) is 11.0. The molecule has 18 heavy (non-hydrogen) atoms. The molecule has 0 unspecified atom stereocenters. The molecule has 0 aliphatic carbocycles. The summed E-state index contributed by atoms with van der Waals surface area (Å²) in [6.45, 7) is 3.91. The Morgan fingerprint density at radius 1 is 1.33 bits per heavy atom. The second-order valence-corrected chi connectivity index (χ2v) is 4.89. The molecule has 0 aliphatic rings. The molecule has 1 rings (SSSR count). The van der Waals surface area contributed by atoms with Gasteiger partial charge in [0.1, 0.15) is 0 Å². The maximum atomic E-state index is 11.9. The Labute approximate surface area is 108 Å². The van der Waals surface area contributed by atoms with Gasteiger partial charge < -0.3 is 16.2 Å². The highest BCUT2D eigenvalue weighted by Crippen LogP contribution is 2.12. The molecule has 0 spiro atoms. The van der Waals surface area contributed by atoms with E-state index in [-0.39, 0.29) is 12.5 Å². The second-order valence-electron chi connectivity index (χ2n) is 4.89. The first-order chi connectivity index (χ1) is 8.54. The molecular weight excluding hydrogens is 228 g/mol. The van der Waals surface area contributed by atoms with Crippen LogP contribution in [0.3, 0.4) is 0 Å². The first-order valence-electron chi connectivity index (χ1n) is 6.26. The van der Waals surface area contributed by atoms with Crippen LogP contribution in [-0.2, 0) is 4.79 Å². The summed E-state index contributed by atoms with van der Waals surface area (Å²) in [4.78, 5) is 11.9. The van der Waals surface area contributed by atoms with E-state index in [2.05, 4.69) is 5.32 Å². The Balaban J connectivity index is 2.61. The molecule has 1 amide bonds. The largest absolute Gasteiger partial charge is 0.394 e. The number of nitrogens with one attached hydrogen (secondary N) is 1. The van der Waals surface area contributed by atoms with Crippen molar-refractivity contribution in [3.63, 3.8) is 0 Å². The number of benzene rings is 1. The van der Waals surface area contributed by atoms with Crippen molar-refractivity contribution >= 4 is 5.91 Å². The maximum absolute atomic E-state index is 11.9. The fourth-order valence-electron chi connectivity index (χ4n) is 1.81. The van der Waals surface area contributed by atoms with Crippen molar-refractivity contribution < 1.29 is 9.90 Å². The maximum Gasteiger partial charge on any atom is 0.237 e. The van der Waals surface area contributed by atoms with E-state index < -0.39 is 12.1 Å². The Kier molecular flexibility index (Phi) is 5.82. The van der Waals surface area contributed by atoms with E-state index in [4.69, 9.17) is 5.73 Å². The van der Waals surface area contributed by atoms with Crippen molar-refractivity contribution in [3.05, 3.63) is 35.9 Å². The third-order valence-electron chi connectivity index (χ3n) is 2.76. The summed E-state index contributed by atoms with van der Waals surface area (Å²) in [7, 11) is 0. The topological polar surface area (TPSA) is 75.4 Å². The lowest BCUT2D eigenvalue weighted by Gasteiger charge is -2.20. The molecule has 0 bridgehead atoms. The van der Waals surface area contributed by atoms with E-state index in [1.807, 2.05) is 44.2 Å².